The van der Waals surface area contributed by atoms with Crippen LogP contribution in [0.15, 0.2) is 18.2 Å². The van der Waals surface area contributed by atoms with Gasteiger partial charge in [0.25, 0.3) is 0 Å². The lowest BCUT2D eigenvalue weighted by Crippen LogP contribution is -2.55. The number of hydrogen-bond donors (Lipinski definition) is 1. The number of rotatable bonds is 2. The normalized spacial score (nSPS) is 26.6. The lowest BCUT2D eigenvalue weighted by atomic mass is 10.0. The Labute approximate surface area is 126 Å². The number of piperazine rings is 1. The van der Waals surface area contributed by atoms with E-state index in [-0.39, 0.29) is 0 Å². The lowest BCUT2D eigenvalue weighted by molar-refractivity contribution is 0.203. The zero-order valence-electron chi connectivity index (χ0n) is 12.3. The van der Waals surface area contributed by atoms with Crippen LogP contribution in [0.2, 0.25) is 0 Å². The first-order valence-electron chi connectivity index (χ1n) is 7.47. The standard InChI is InChI=1S/C16H23N3S/c1-11-5-6-14(16(17)20)15(8-11)19-10-13-4-3-7-18(13)9-12(19)2/h5-6,8,12-13H,3-4,7,9-10H2,1-2H3,(H2,17,20). The van der Waals surface area contributed by atoms with Crippen molar-refractivity contribution in [2.45, 2.75) is 38.8 Å². The van der Waals surface area contributed by atoms with E-state index >= 15 is 0 Å². The summed E-state index contributed by atoms with van der Waals surface area (Å²) in [5.41, 5.74) is 9.42. The van der Waals surface area contributed by atoms with Gasteiger partial charge in [-0.2, -0.15) is 0 Å². The topological polar surface area (TPSA) is 32.5 Å². The Morgan fingerprint density at radius 3 is 2.90 bits per heavy atom. The summed E-state index contributed by atoms with van der Waals surface area (Å²) < 4.78 is 0. The Balaban J connectivity index is 1.95. The predicted octanol–water partition coefficient (Wildman–Crippen LogP) is 2.30. The average Bonchev–Trinajstić information content (AvgIpc) is 2.84. The molecule has 0 aliphatic carbocycles. The molecule has 4 heteroatoms. The molecule has 3 nitrogen and oxygen atoms in total. The predicted molar refractivity (Wildman–Crippen MR) is 88.5 cm³/mol. The van der Waals surface area contributed by atoms with Gasteiger partial charge in [-0.05, 0) is 50.9 Å². The van der Waals surface area contributed by atoms with Gasteiger partial charge in [0.05, 0.1) is 0 Å². The molecule has 0 saturated carbocycles. The maximum atomic E-state index is 5.92. The third-order valence-corrected chi connectivity index (χ3v) is 4.89. The van der Waals surface area contributed by atoms with Gasteiger partial charge in [0.1, 0.15) is 4.99 Å². The molecule has 2 unspecified atom stereocenters. The quantitative estimate of drug-likeness (QED) is 0.847. The van der Waals surface area contributed by atoms with Crippen LogP contribution in [0.4, 0.5) is 5.69 Å². The lowest BCUT2D eigenvalue weighted by Gasteiger charge is -2.44. The third-order valence-electron chi connectivity index (χ3n) is 4.67. The van der Waals surface area contributed by atoms with Crippen molar-refractivity contribution in [1.82, 2.24) is 4.90 Å². The average molecular weight is 289 g/mol. The highest BCUT2D eigenvalue weighted by molar-refractivity contribution is 7.80. The molecule has 2 atom stereocenters. The summed E-state index contributed by atoms with van der Waals surface area (Å²) in [4.78, 5) is 5.65. The van der Waals surface area contributed by atoms with Gasteiger partial charge in [0.2, 0.25) is 0 Å². The SMILES string of the molecule is Cc1ccc(C(N)=S)c(N2CC3CCCN3CC2C)c1. The number of benzene rings is 1. The first-order valence-corrected chi connectivity index (χ1v) is 7.88. The summed E-state index contributed by atoms with van der Waals surface area (Å²) in [5, 5.41) is 0. The second kappa shape index (κ2) is 5.34. The smallest absolute Gasteiger partial charge is 0.106 e. The molecule has 0 spiro atoms. The largest absolute Gasteiger partial charge is 0.389 e. The Morgan fingerprint density at radius 1 is 1.35 bits per heavy atom. The number of nitrogens with two attached hydrogens (primary N) is 1. The van der Waals surface area contributed by atoms with E-state index in [0.29, 0.717) is 17.1 Å². The Bertz CT molecular complexity index is 528. The zero-order valence-corrected chi connectivity index (χ0v) is 13.1. The molecule has 1 aromatic carbocycles. The summed E-state index contributed by atoms with van der Waals surface area (Å²) in [6.45, 7) is 7.94. The number of fused-ring (bicyclic) bond motifs is 1. The fourth-order valence-electron chi connectivity index (χ4n) is 3.61. The van der Waals surface area contributed by atoms with E-state index in [1.54, 1.807) is 0 Å². The summed E-state index contributed by atoms with van der Waals surface area (Å²) in [5.74, 6) is 0. The van der Waals surface area contributed by atoms with Gasteiger partial charge < -0.3 is 10.6 Å². The summed E-state index contributed by atoms with van der Waals surface area (Å²) >= 11 is 5.23. The van der Waals surface area contributed by atoms with Crippen LogP contribution in [0.25, 0.3) is 0 Å². The van der Waals surface area contributed by atoms with E-state index in [0.717, 1.165) is 18.7 Å². The number of anilines is 1. The van der Waals surface area contributed by atoms with Crippen LogP contribution in [0.3, 0.4) is 0 Å². The first kappa shape index (κ1) is 13.8. The van der Waals surface area contributed by atoms with Crippen molar-refractivity contribution >= 4 is 22.9 Å². The van der Waals surface area contributed by atoms with Crippen LogP contribution in [0.1, 0.15) is 30.9 Å². The molecular formula is C16H23N3S. The summed E-state index contributed by atoms with van der Waals surface area (Å²) in [7, 11) is 0. The monoisotopic (exact) mass is 289 g/mol. The van der Waals surface area contributed by atoms with Gasteiger partial charge in [0.15, 0.2) is 0 Å². The van der Waals surface area contributed by atoms with Crippen LogP contribution in [-0.4, -0.2) is 41.6 Å². The van der Waals surface area contributed by atoms with E-state index in [1.807, 2.05) is 0 Å². The van der Waals surface area contributed by atoms with Crippen molar-refractivity contribution < 1.29 is 0 Å². The molecule has 1 aromatic rings. The number of aryl methyl sites for hydroxylation is 1. The van der Waals surface area contributed by atoms with Crippen molar-refractivity contribution in [3.05, 3.63) is 29.3 Å². The first-order chi connectivity index (χ1) is 9.56. The Morgan fingerprint density at radius 2 is 2.15 bits per heavy atom. The minimum Gasteiger partial charge on any atom is -0.389 e. The van der Waals surface area contributed by atoms with Crippen LogP contribution < -0.4 is 10.6 Å². The molecule has 0 amide bonds. The Hall–Kier alpha value is -1.13. The zero-order chi connectivity index (χ0) is 14.3. The molecule has 0 radical (unpaired) electrons. The fourth-order valence-corrected chi connectivity index (χ4v) is 3.78. The second-order valence-electron chi connectivity index (χ2n) is 6.18. The molecule has 2 saturated heterocycles. The van der Waals surface area contributed by atoms with Crippen molar-refractivity contribution in [1.29, 1.82) is 0 Å². The highest BCUT2D eigenvalue weighted by Crippen LogP contribution is 2.31. The molecular weight excluding hydrogens is 266 g/mol. The van der Waals surface area contributed by atoms with Crippen molar-refractivity contribution in [2.75, 3.05) is 24.5 Å². The maximum Gasteiger partial charge on any atom is 0.106 e. The van der Waals surface area contributed by atoms with Crippen molar-refractivity contribution in [3.8, 4) is 0 Å². The van der Waals surface area contributed by atoms with Crippen LogP contribution in [-0.2, 0) is 0 Å². The van der Waals surface area contributed by atoms with E-state index < -0.39 is 0 Å². The van der Waals surface area contributed by atoms with E-state index in [1.165, 1.54) is 30.6 Å². The molecule has 3 rings (SSSR count). The molecule has 20 heavy (non-hydrogen) atoms. The van der Waals surface area contributed by atoms with E-state index in [4.69, 9.17) is 18.0 Å². The second-order valence-corrected chi connectivity index (χ2v) is 6.62. The van der Waals surface area contributed by atoms with E-state index in [2.05, 4.69) is 41.8 Å². The van der Waals surface area contributed by atoms with Gasteiger partial charge >= 0.3 is 0 Å². The molecule has 2 fully saturated rings. The summed E-state index contributed by atoms with van der Waals surface area (Å²) in [6, 6.07) is 7.61. The highest BCUT2D eigenvalue weighted by Gasteiger charge is 2.35. The molecule has 2 heterocycles. The highest BCUT2D eigenvalue weighted by atomic mass is 32.1. The van der Waals surface area contributed by atoms with Gasteiger partial charge in [0, 0.05) is 36.4 Å². The van der Waals surface area contributed by atoms with Crippen LogP contribution >= 0.6 is 12.2 Å². The van der Waals surface area contributed by atoms with Crippen LogP contribution in [0, 0.1) is 6.92 Å². The molecule has 0 bridgehead atoms. The van der Waals surface area contributed by atoms with Crippen molar-refractivity contribution in [3.63, 3.8) is 0 Å². The van der Waals surface area contributed by atoms with E-state index in [9.17, 15) is 0 Å². The molecule has 2 N–H and O–H groups in total. The molecule has 108 valence electrons. The minimum atomic E-state index is 0.501. The van der Waals surface area contributed by atoms with Crippen LogP contribution in [0.5, 0.6) is 0 Å². The van der Waals surface area contributed by atoms with Gasteiger partial charge in [-0.25, -0.2) is 0 Å². The van der Waals surface area contributed by atoms with Gasteiger partial charge in [-0.1, -0.05) is 18.3 Å². The van der Waals surface area contributed by atoms with Crippen molar-refractivity contribution in [2.24, 2.45) is 5.73 Å². The molecule has 2 aliphatic heterocycles. The fraction of sp³-hybridized carbons (Fsp3) is 0.562. The molecule has 0 aromatic heterocycles. The van der Waals surface area contributed by atoms with Gasteiger partial charge in [-0.3, -0.25) is 4.90 Å². The maximum absolute atomic E-state index is 5.92. The number of nitrogens with zero attached hydrogens (tertiary/aromatic N) is 2. The summed E-state index contributed by atoms with van der Waals surface area (Å²) in [6.07, 6.45) is 2.65. The van der Waals surface area contributed by atoms with Gasteiger partial charge in [-0.15, -0.1) is 0 Å². The number of thiocarbonyl (C=S) groups is 1. The Kier molecular flexibility index (Phi) is 3.69. The number of hydrogen-bond acceptors (Lipinski definition) is 3. The third kappa shape index (κ3) is 2.42. The molecule has 2 aliphatic rings. The minimum absolute atomic E-state index is 0.501.